The van der Waals surface area contributed by atoms with Crippen molar-refractivity contribution in [1.29, 1.82) is 0 Å². The van der Waals surface area contributed by atoms with Crippen LogP contribution in [0.2, 0.25) is 0 Å². The molecule has 0 radical (unpaired) electrons. The second-order valence-corrected chi connectivity index (χ2v) is 3.22. The molecule has 2 aromatic rings. The molecular formula is C9H7F2N3O2. The lowest BCUT2D eigenvalue weighted by molar-refractivity contribution is 0.0691. The molecular weight excluding hydrogens is 220 g/mol. The number of hydrogen-bond acceptors (Lipinski definition) is 3. The van der Waals surface area contributed by atoms with Gasteiger partial charge in [-0.3, -0.25) is 4.40 Å². The number of nitrogens with zero attached hydrogens (tertiary/aromatic N) is 3. The topological polar surface area (TPSA) is 67.5 Å². The van der Waals surface area contributed by atoms with Crippen molar-refractivity contribution in [1.82, 2.24) is 14.4 Å². The van der Waals surface area contributed by atoms with Gasteiger partial charge in [-0.25, -0.2) is 23.5 Å². The summed E-state index contributed by atoms with van der Waals surface area (Å²) in [7, 11) is 0. The minimum atomic E-state index is -2.71. The summed E-state index contributed by atoms with van der Waals surface area (Å²) in [5, 5.41) is 8.69. The van der Waals surface area contributed by atoms with E-state index in [0.29, 0.717) is 5.69 Å². The van der Waals surface area contributed by atoms with Crippen LogP contribution in [0.25, 0.3) is 5.78 Å². The molecule has 2 heterocycles. The Hall–Kier alpha value is -2.05. The zero-order valence-corrected chi connectivity index (χ0v) is 8.19. The van der Waals surface area contributed by atoms with Gasteiger partial charge in [-0.2, -0.15) is 0 Å². The Labute approximate surface area is 88.4 Å². The van der Waals surface area contributed by atoms with Gasteiger partial charge in [-0.15, -0.1) is 0 Å². The maximum atomic E-state index is 12.7. The second-order valence-electron chi connectivity index (χ2n) is 3.22. The van der Waals surface area contributed by atoms with Crippen molar-refractivity contribution in [2.24, 2.45) is 0 Å². The van der Waals surface area contributed by atoms with Crippen LogP contribution in [-0.2, 0) is 0 Å². The molecule has 0 spiro atoms. The Morgan fingerprint density at radius 2 is 2.19 bits per heavy atom. The molecule has 0 fully saturated rings. The highest BCUT2D eigenvalue weighted by atomic mass is 19.3. The van der Waals surface area contributed by atoms with Crippen LogP contribution in [0.4, 0.5) is 8.78 Å². The number of carboxylic acid groups (broad SMARTS) is 1. The largest absolute Gasteiger partial charge is 0.476 e. The summed E-state index contributed by atoms with van der Waals surface area (Å²) in [5.74, 6) is -1.31. The van der Waals surface area contributed by atoms with Crippen molar-refractivity contribution in [3.8, 4) is 0 Å². The highest BCUT2D eigenvalue weighted by molar-refractivity contribution is 5.85. The number of aromatic nitrogens is 3. The summed E-state index contributed by atoms with van der Waals surface area (Å²) in [4.78, 5) is 18.2. The Balaban J connectivity index is 2.75. The Kier molecular flexibility index (Phi) is 2.30. The van der Waals surface area contributed by atoms with Gasteiger partial charge in [0.1, 0.15) is 0 Å². The van der Waals surface area contributed by atoms with Gasteiger partial charge in [-0.05, 0) is 13.0 Å². The van der Waals surface area contributed by atoms with Crippen molar-refractivity contribution in [2.45, 2.75) is 13.3 Å². The van der Waals surface area contributed by atoms with E-state index < -0.39 is 12.4 Å². The van der Waals surface area contributed by atoms with E-state index in [0.717, 1.165) is 10.6 Å². The first-order chi connectivity index (χ1) is 7.49. The van der Waals surface area contributed by atoms with Gasteiger partial charge in [0.2, 0.25) is 5.78 Å². The zero-order valence-electron chi connectivity index (χ0n) is 8.19. The third kappa shape index (κ3) is 1.60. The van der Waals surface area contributed by atoms with Gasteiger partial charge in [0.15, 0.2) is 5.69 Å². The minimum absolute atomic E-state index is 0.0345. The molecule has 0 atom stereocenters. The van der Waals surface area contributed by atoms with Crippen LogP contribution in [-0.4, -0.2) is 25.4 Å². The normalized spacial score (nSPS) is 11.2. The maximum Gasteiger partial charge on any atom is 0.356 e. The smallest absolute Gasteiger partial charge is 0.356 e. The predicted molar refractivity (Wildman–Crippen MR) is 49.6 cm³/mol. The van der Waals surface area contributed by atoms with E-state index >= 15 is 0 Å². The summed E-state index contributed by atoms with van der Waals surface area (Å²) in [6, 6.07) is 1.20. The Bertz CT molecular complexity index is 565. The van der Waals surface area contributed by atoms with Gasteiger partial charge < -0.3 is 5.11 Å². The number of carbonyl (C=O) groups is 1. The maximum absolute atomic E-state index is 12.7. The molecule has 0 aliphatic heterocycles. The average Bonchev–Trinajstić information content (AvgIpc) is 2.59. The molecule has 0 amide bonds. The molecule has 16 heavy (non-hydrogen) atoms. The molecule has 7 heteroatoms. The van der Waals surface area contributed by atoms with Crippen molar-refractivity contribution < 1.29 is 18.7 Å². The lowest BCUT2D eigenvalue weighted by Gasteiger charge is -2.04. The summed E-state index contributed by atoms with van der Waals surface area (Å²) >= 11 is 0. The van der Waals surface area contributed by atoms with Crippen LogP contribution in [0.1, 0.15) is 28.3 Å². The number of fused-ring (bicyclic) bond motifs is 1. The first-order valence-electron chi connectivity index (χ1n) is 4.37. The average molecular weight is 227 g/mol. The van der Waals surface area contributed by atoms with Crippen LogP contribution in [0.3, 0.4) is 0 Å². The molecule has 0 unspecified atom stereocenters. The summed E-state index contributed by atoms with van der Waals surface area (Å²) < 4.78 is 26.3. The Morgan fingerprint density at radius 3 is 2.75 bits per heavy atom. The number of aromatic carboxylic acids is 1. The van der Waals surface area contributed by atoms with Crippen LogP contribution in [0.15, 0.2) is 12.3 Å². The highest BCUT2D eigenvalue weighted by Gasteiger charge is 2.17. The van der Waals surface area contributed by atoms with E-state index in [1.165, 1.54) is 6.07 Å². The van der Waals surface area contributed by atoms with Crippen LogP contribution in [0, 0.1) is 6.92 Å². The number of carboxylic acids is 1. The van der Waals surface area contributed by atoms with E-state index in [1.54, 1.807) is 6.92 Å². The number of alkyl halides is 2. The van der Waals surface area contributed by atoms with Gasteiger partial charge >= 0.3 is 5.97 Å². The van der Waals surface area contributed by atoms with Crippen molar-refractivity contribution in [3.05, 3.63) is 29.3 Å². The van der Waals surface area contributed by atoms with Crippen LogP contribution < -0.4 is 0 Å². The third-order valence-electron chi connectivity index (χ3n) is 2.04. The lowest BCUT2D eigenvalue weighted by Crippen LogP contribution is -2.00. The van der Waals surface area contributed by atoms with Crippen molar-refractivity contribution in [2.75, 3.05) is 0 Å². The summed E-state index contributed by atoms with van der Waals surface area (Å²) in [6.07, 6.45) is -1.67. The van der Waals surface area contributed by atoms with Crippen LogP contribution >= 0.6 is 0 Å². The Morgan fingerprint density at radius 1 is 1.50 bits per heavy atom. The lowest BCUT2D eigenvalue weighted by atomic mass is 10.3. The molecule has 0 saturated carbocycles. The molecule has 84 valence electrons. The molecule has 1 N–H and O–H groups in total. The fraction of sp³-hybridized carbons (Fsp3) is 0.222. The standard InChI is InChI=1S/C9H7F2N3O2/c1-4-2-6(7(10)11)14-3-5(8(15)16)13-9(14)12-4/h2-3,7H,1H3,(H,15,16). The molecule has 0 aliphatic carbocycles. The first-order valence-corrected chi connectivity index (χ1v) is 4.37. The monoisotopic (exact) mass is 227 g/mol. The summed E-state index contributed by atoms with van der Waals surface area (Å²) in [5.41, 5.74) is -0.257. The molecule has 0 aromatic carbocycles. The number of imidazole rings is 1. The number of aryl methyl sites for hydroxylation is 1. The second kappa shape index (κ2) is 3.51. The molecule has 2 rings (SSSR count). The SMILES string of the molecule is Cc1cc(C(F)F)n2cc(C(=O)O)nc2n1. The van der Waals surface area contributed by atoms with Gasteiger partial charge in [0.25, 0.3) is 6.43 Å². The zero-order chi connectivity index (χ0) is 11.9. The highest BCUT2D eigenvalue weighted by Crippen LogP contribution is 2.20. The first kappa shape index (κ1) is 10.5. The quantitative estimate of drug-likeness (QED) is 0.847. The number of hydrogen-bond donors (Lipinski definition) is 1. The summed E-state index contributed by atoms with van der Waals surface area (Å²) in [6.45, 7) is 1.54. The minimum Gasteiger partial charge on any atom is -0.476 e. The van der Waals surface area contributed by atoms with E-state index in [4.69, 9.17) is 5.11 Å². The van der Waals surface area contributed by atoms with Gasteiger partial charge in [0.05, 0.1) is 5.69 Å². The predicted octanol–water partition coefficient (Wildman–Crippen LogP) is 1.67. The van der Waals surface area contributed by atoms with E-state index in [9.17, 15) is 13.6 Å². The number of rotatable bonds is 2. The molecule has 2 aromatic heterocycles. The van der Waals surface area contributed by atoms with Crippen molar-refractivity contribution in [3.63, 3.8) is 0 Å². The molecule has 0 saturated heterocycles. The van der Waals surface area contributed by atoms with E-state index in [-0.39, 0.29) is 17.2 Å². The third-order valence-corrected chi connectivity index (χ3v) is 2.04. The molecule has 5 nitrogen and oxygen atoms in total. The van der Waals surface area contributed by atoms with Crippen molar-refractivity contribution >= 4 is 11.7 Å². The molecule has 0 bridgehead atoms. The fourth-order valence-electron chi connectivity index (χ4n) is 1.38. The van der Waals surface area contributed by atoms with Gasteiger partial charge in [-0.1, -0.05) is 0 Å². The molecule has 0 aliphatic rings. The van der Waals surface area contributed by atoms with E-state index in [1.807, 2.05) is 0 Å². The number of halogens is 2. The fourth-order valence-corrected chi connectivity index (χ4v) is 1.38. The van der Waals surface area contributed by atoms with E-state index in [2.05, 4.69) is 9.97 Å². The van der Waals surface area contributed by atoms with Gasteiger partial charge in [0, 0.05) is 11.9 Å². The van der Waals surface area contributed by atoms with Crippen LogP contribution in [0.5, 0.6) is 0 Å².